The van der Waals surface area contributed by atoms with Gasteiger partial charge in [-0.25, -0.2) is 0 Å². The fourth-order valence-electron chi connectivity index (χ4n) is 1.22. The van der Waals surface area contributed by atoms with Crippen molar-refractivity contribution < 1.29 is 9.90 Å². The molecule has 2 N–H and O–H groups in total. The van der Waals surface area contributed by atoms with Crippen LogP contribution in [0.4, 0.5) is 5.82 Å². The first-order chi connectivity index (χ1) is 7.11. The first kappa shape index (κ1) is 11.7. The molecule has 1 aromatic rings. The van der Waals surface area contributed by atoms with E-state index in [2.05, 4.69) is 10.4 Å². The monoisotopic (exact) mass is 211 g/mol. The van der Waals surface area contributed by atoms with E-state index in [4.69, 9.17) is 5.11 Å². The maximum absolute atomic E-state index is 11.4. The third-order valence-electron chi connectivity index (χ3n) is 1.83. The van der Waals surface area contributed by atoms with Gasteiger partial charge in [0.25, 0.3) is 0 Å². The number of aliphatic hydroxyl groups excluding tert-OH is 1. The second kappa shape index (κ2) is 5.50. The Hall–Kier alpha value is -1.36. The molecule has 0 aliphatic carbocycles. The summed E-state index contributed by atoms with van der Waals surface area (Å²) in [5.74, 6) is 0.845. The zero-order chi connectivity index (χ0) is 11.3. The fourth-order valence-corrected chi connectivity index (χ4v) is 1.22. The second-order valence-electron chi connectivity index (χ2n) is 3.83. The molecule has 15 heavy (non-hydrogen) atoms. The van der Waals surface area contributed by atoms with Crippen LogP contribution in [0, 0.1) is 5.92 Å². The molecule has 0 unspecified atom stereocenters. The topological polar surface area (TPSA) is 67.2 Å². The maximum Gasteiger partial charge on any atom is 0.225 e. The highest BCUT2D eigenvalue weighted by Crippen LogP contribution is 2.05. The van der Waals surface area contributed by atoms with Gasteiger partial charge < -0.3 is 10.4 Å². The molecule has 0 saturated carbocycles. The van der Waals surface area contributed by atoms with Gasteiger partial charge >= 0.3 is 0 Å². The number of aromatic nitrogens is 2. The minimum atomic E-state index is -0.0285. The van der Waals surface area contributed by atoms with Gasteiger partial charge in [0, 0.05) is 18.7 Å². The molecule has 0 aromatic carbocycles. The van der Waals surface area contributed by atoms with Crippen LogP contribution in [0.25, 0.3) is 0 Å². The molecule has 1 aromatic heterocycles. The lowest BCUT2D eigenvalue weighted by atomic mass is 10.1. The highest BCUT2D eigenvalue weighted by molar-refractivity contribution is 5.89. The largest absolute Gasteiger partial charge is 0.394 e. The van der Waals surface area contributed by atoms with Crippen molar-refractivity contribution in [3.05, 3.63) is 12.3 Å². The van der Waals surface area contributed by atoms with Crippen LogP contribution in [-0.2, 0) is 11.3 Å². The maximum atomic E-state index is 11.4. The van der Waals surface area contributed by atoms with Crippen LogP contribution < -0.4 is 5.32 Å². The van der Waals surface area contributed by atoms with Crippen molar-refractivity contribution in [2.75, 3.05) is 11.9 Å². The van der Waals surface area contributed by atoms with Crippen molar-refractivity contribution in [2.24, 2.45) is 5.92 Å². The lowest BCUT2D eigenvalue weighted by Gasteiger charge is -2.04. The number of amides is 1. The summed E-state index contributed by atoms with van der Waals surface area (Å²) in [4.78, 5) is 11.4. The molecule has 0 fully saturated rings. The van der Waals surface area contributed by atoms with E-state index < -0.39 is 0 Å². The minimum Gasteiger partial charge on any atom is -0.394 e. The summed E-state index contributed by atoms with van der Waals surface area (Å²) in [5, 5.41) is 15.5. The number of anilines is 1. The normalized spacial score (nSPS) is 10.7. The Morgan fingerprint density at radius 2 is 2.40 bits per heavy atom. The number of nitrogens with zero attached hydrogens (tertiary/aromatic N) is 2. The second-order valence-corrected chi connectivity index (χ2v) is 3.83. The summed E-state index contributed by atoms with van der Waals surface area (Å²) in [5.41, 5.74) is 0. The predicted octanol–water partition coefficient (Wildman–Crippen LogP) is 0.860. The molecule has 0 aliphatic rings. The van der Waals surface area contributed by atoms with Gasteiger partial charge in [-0.3, -0.25) is 9.48 Å². The molecule has 0 aliphatic heterocycles. The van der Waals surface area contributed by atoms with Crippen molar-refractivity contribution in [3.63, 3.8) is 0 Å². The van der Waals surface area contributed by atoms with Crippen molar-refractivity contribution >= 4 is 11.7 Å². The van der Waals surface area contributed by atoms with Gasteiger partial charge in [-0.15, -0.1) is 0 Å². The molecule has 0 saturated heterocycles. The van der Waals surface area contributed by atoms with Gasteiger partial charge in [-0.2, -0.15) is 5.10 Å². The van der Waals surface area contributed by atoms with E-state index in [1.165, 1.54) is 0 Å². The third kappa shape index (κ3) is 4.12. The predicted molar refractivity (Wildman–Crippen MR) is 57.4 cm³/mol. The van der Waals surface area contributed by atoms with Crippen LogP contribution in [0.2, 0.25) is 0 Å². The average molecular weight is 211 g/mol. The van der Waals surface area contributed by atoms with E-state index in [1.54, 1.807) is 16.9 Å². The number of nitrogens with one attached hydrogen (secondary N) is 1. The Morgan fingerprint density at radius 1 is 1.67 bits per heavy atom. The Morgan fingerprint density at radius 3 is 3.00 bits per heavy atom. The van der Waals surface area contributed by atoms with E-state index in [9.17, 15) is 4.79 Å². The molecule has 1 amide bonds. The number of hydrogen-bond donors (Lipinski definition) is 2. The van der Waals surface area contributed by atoms with E-state index in [1.807, 2.05) is 13.8 Å². The highest BCUT2D eigenvalue weighted by atomic mass is 16.3. The molecule has 1 heterocycles. The SMILES string of the molecule is CC(C)CC(=O)Nc1ccn(CCO)n1. The summed E-state index contributed by atoms with van der Waals surface area (Å²) in [6.07, 6.45) is 2.22. The summed E-state index contributed by atoms with van der Waals surface area (Å²) in [6, 6.07) is 1.72. The summed E-state index contributed by atoms with van der Waals surface area (Å²) in [6.45, 7) is 4.47. The molecule has 0 atom stereocenters. The van der Waals surface area contributed by atoms with Gasteiger partial charge in [-0.1, -0.05) is 13.8 Å². The summed E-state index contributed by atoms with van der Waals surface area (Å²) in [7, 11) is 0. The van der Waals surface area contributed by atoms with E-state index in [0.717, 1.165) is 0 Å². The van der Waals surface area contributed by atoms with Crippen molar-refractivity contribution in [1.82, 2.24) is 9.78 Å². The number of aliphatic hydroxyl groups is 1. The number of carbonyl (C=O) groups excluding carboxylic acids is 1. The molecule has 5 heteroatoms. The van der Waals surface area contributed by atoms with Gasteiger partial charge in [0.15, 0.2) is 5.82 Å². The number of rotatable bonds is 5. The van der Waals surface area contributed by atoms with Crippen LogP contribution in [0.5, 0.6) is 0 Å². The van der Waals surface area contributed by atoms with Crippen LogP contribution in [-0.4, -0.2) is 27.4 Å². The third-order valence-corrected chi connectivity index (χ3v) is 1.83. The quantitative estimate of drug-likeness (QED) is 0.759. The van der Waals surface area contributed by atoms with Crippen LogP contribution in [0.1, 0.15) is 20.3 Å². The van der Waals surface area contributed by atoms with Crippen molar-refractivity contribution in [2.45, 2.75) is 26.8 Å². The molecular formula is C10H17N3O2. The van der Waals surface area contributed by atoms with Crippen LogP contribution >= 0.6 is 0 Å². The van der Waals surface area contributed by atoms with Crippen LogP contribution in [0.15, 0.2) is 12.3 Å². The van der Waals surface area contributed by atoms with Crippen LogP contribution in [0.3, 0.4) is 0 Å². The number of carbonyl (C=O) groups is 1. The van der Waals surface area contributed by atoms with Gasteiger partial charge in [0.2, 0.25) is 5.91 Å². The zero-order valence-corrected chi connectivity index (χ0v) is 9.10. The van der Waals surface area contributed by atoms with Gasteiger partial charge in [0.1, 0.15) is 0 Å². The molecule has 0 radical (unpaired) electrons. The number of hydrogen-bond acceptors (Lipinski definition) is 3. The summed E-state index contributed by atoms with van der Waals surface area (Å²) >= 11 is 0. The molecule has 5 nitrogen and oxygen atoms in total. The van der Waals surface area contributed by atoms with Gasteiger partial charge in [-0.05, 0) is 5.92 Å². The van der Waals surface area contributed by atoms with E-state index >= 15 is 0 Å². The Balaban J connectivity index is 2.46. The Bertz CT molecular complexity index is 320. The molecular weight excluding hydrogens is 194 g/mol. The first-order valence-corrected chi connectivity index (χ1v) is 5.06. The Labute approximate surface area is 89.1 Å². The summed E-state index contributed by atoms with van der Waals surface area (Å²) < 4.78 is 1.59. The van der Waals surface area contributed by atoms with Crippen molar-refractivity contribution in [1.29, 1.82) is 0 Å². The molecule has 0 bridgehead atoms. The van der Waals surface area contributed by atoms with E-state index in [0.29, 0.717) is 24.7 Å². The smallest absolute Gasteiger partial charge is 0.225 e. The molecule has 1 rings (SSSR count). The average Bonchev–Trinajstić information content (AvgIpc) is 2.51. The lowest BCUT2D eigenvalue weighted by Crippen LogP contribution is -2.14. The Kier molecular flexibility index (Phi) is 4.30. The van der Waals surface area contributed by atoms with Gasteiger partial charge in [0.05, 0.1) is 13.2 Å². The fraction of sp³-hybridized carbons (Fsp3) is 0.600. The first-order valence-electron chi connectivity index (χ1n) is 5.06. The zero-order valence-electron chi connectivity index (χ0n) is 9.10. The van der Waals surface area contributed by atoms with Crippen molar-refractivity contribution in [3.8, 4) is 0 Å². The minimum absolute atomic E-state index is 0.0285. The van der Waals surface area contributed by atoms with E-state index in [-0.39, 0.29) is 12.5 Å². The molecule has 84 valence electrons. The standard InChI is InChI=1S/C10H17N3O2/c1-8(2)7-10(15)11-9-3-4-13(12-9)5-6-14/h3-4,8,14H,5-7H2,1-2H3,(H,11,12,15). The highest BCUT2D eigenvalue weighted by Gasteiger charge is 2.06. The lowest BCUT2D eigenvalue weighted by molar-refractivity contribution is -0.116. The molecule has 0 spiro atoms.